The first kappa shape index (κ1) is 15.9. The molecule has 0 aliphatic rings. The van der Waals surface area contributed by atoms with Gasteiger partial charge >= 0.3 is 0 Å². The van der Waals surface area contributed by atoms with E-state index in [1.165, 1.54) is 29.5 Å². The fourth-order valence-electron chi connectivity index (χ4n) is 2.07. The fraction of sp³-hybridized carbons (Fsp3) is 0.529. The number of ether oxygens (including phenoxy) is 1. The maximum Gasteiger partial charge on any atom is 0.0587 e. The first-order chi connectivity index (χ1) is 9.27. The molecule has 0 amide bonds. The lowest BCUT2D eigenvalue weighted by Gasteiger charge is -2.06. The molecule has 0 saturated heterocycles. The van der Waals surface area contributed by atoms with Crippen LogP contribution in [0.15, 0.2) is 30.3 Å². The Balaban J connectivity index is 2.42. The molecular weight excluding hydrogens is 234 g/mol. The summed E-state index contributed by atoms with van der Waals surface area (Å²) in [4.78, 5) is 0. The Labute approximate surface area is 117 Å². The van der Waals surface area contributed by atoms with Crippen molar-refractivity contribution in [3.8, 4) is 0 Å². The molecule has 0 aliphatic carbocycles. The van der Waals surface area contributed by atoms with Gasteiger partial charge in [0.05, 0.1) is 6.61 Å². The predicted octanol–water partition coefficient (Wildman–Crippen LogP) is 3.67. The van der Waals surface area contributed by atoms with Gasteiger partial charge in [-0.05, 0) is 43.0 Å². The van der Waals surface area contributed by atoms with Crippen molar-refractivity contribution in [2.45, 2.75) is 33.1 Å². The highest BCUT2D eigenvalue weighted by Gasteiger charge is 1.97. The predicted molar refractivity (Wildman–Crippen MR) is 83.5 cm³/mol. The van der Waals surface area contributed by atoms with Crippen molar-refractivity contribution in [3.63, 3.8) is 0 Å². The lowest BCUT2D eigenvalue weighted by Crippen LogP contribution is -2.19. The van der Waals surface area contributed by atoms with Crippen molar-refractivity contribution in [1.29, 1.82) is 0 Å². The second-order valence-corrected chi connectivity index (χ2v) is 4.87. The number of rotatable bonds is 9. The van der Waals surface area contributed by atoms with Crippen molar-refractivity contribution in [1.82, 2.24) is 5.32 Å². The van der Waals surface area contributed by atoms with Crippen LogP contribution in [0, 0.1) is 0 Å². The van der Waals surface area contributed by atoms with E-state index in [9.17, 15) is 0 Å². The summed E-state index contributed by atoms with van der Waals surface area (Å²) in [5, 5.41) is 3.36. The molecule has 0 bridgehead atoms. The van der Waals surface area contributed by atoms with E-state index in [2.05, 4.69) is 49.5 Å². The summed E-state index contributed by atoms with van der Waals surface area (Å²) in [7, 11) is 1.73. The molecule has 0 spiro atoms. The molecule has 0 heterocycles. The first-order valence-electron chi connectivity index (χ1n) is 7.23. The van der Waals surface area contributed by atoms with Gasteiger partial charge < -0.3 is 10.1 Å². The quantitative estimate of drug-likeness (QED) is 0.685. The molecule has 0 fully saturated rings. The Hall–Kier alpha value is -1.12. The Morgan fingerprint density at radius 2 is 2.16 bits per heavy atom. The molecule has 1 aromatic rings. The molecule has 0 aromatic heterocycles. The third-order valence-corrected chi connectivity index (χ3v) is 3.18. The average molecular weight is 261 g/mol. The second-order valence-electron chi connectivity index (χ2n) is 4.87. The normalized spacial score (nSPS) is 11.8. The lowest BCUT2D eigenvalue weighted by molar-refractivity contribution is 0.199. The van der Waals surface area contributed by atoms with Gasteiger partial charge in [-0.1, -0.05) is 43.7 Å². The molecule has 2 heteroatoms. The van der Waals surface area contributed by atoms with Crippen LogP contribution in [0.3, 0.4) is 0 Å². The van der Waals surface area contributed by atoms with E-state index in [1.807, 2.05) is 0 Å². The molecule has 0 aliphatic heterocycles. The van der Waals surface area contributed by atoms with Gasteiger partial charge in [0.15, 0.2) is 0 Å². The molecule has 106 valence electrons. The Morgan fingerprint density at radius 3 is 2.89 bits per heavy atom. The van der Waals surface area contributed by atoms with Crippen molar-refractivity contribution in [3.05, 3.63) is 41.5 Å². The van der Waals surface area contributed by atoms with Crippen LogP contribution >= 0.6 is 0 Å². The van der Waals surface area contributed by atoms with E-state index >= 15 is 0 Å². The standard InChI is InChI=1S/C17H27NO/c1-4-7-16-9-5-10-17(14-16)15(2)8-6-11-18-12-13-19-3/h5,8-10,14,18H,4,6-7,11-13H2,1-3H3/b15-8+. The zero-order valence-electron chi connectivity index (χ0n) is 12.5. The topological polar surface area (TPSA) is 21.3 Å². The molecule has 0 saturated carbocycles. The Morgan fingerprint density at radius 1 is 1.32 bits per heavy atom. The van der Waals surface area contributed by atoms with Crippen LogP contribution in [-0.2, 0) is 11.2 Å². The number of hydrogen-bond donors (Lipinski definition) is 1. The van der Waals surface area contributed by atoms with Crippen molar-refractivity contribution in [2.24, 2.45) is 0 Å². The van der Waals surface area contributed by atoms with E-state index in [-0.39, 0.29) is 0 Å². The first-order valence-corrected chi connectivity index (χ1v) is 7.23. The molecule has 2 nitrogen and oxygen atoms in total. The van der Waals surface area contributed by atoms with Gasteiger partial charge in [-0.25, -0.2) is 0 Å². The van der Waals surface area contributed by atoms with Gasteiger partial charge in [0.1, 0.15) is 0 Å². The van der Waals surface area contributed by atoms with Crippen LogP contribution in [0.5, 0.6) is 0 Å². The fourth-order valence-corrected chi connectivity index (χ4v) is 2.07. The van der Waals surface area contributed by atoms with Gasteiger partial charge in [0.25, 0.3) is 0 Å². The molecule has 1 N–H and O–H groups in total. The van der Waals surface area contributed by atoms with E-state index in [0.717, 1.165) is 26.1 Å². The van der Waals surface area contributed by atoms with E-state index < -0.39 is 0 Å². The zero-order chi connectivity index (χ0) is 13.9. The number of benzene rings is 1. The van der Waals surface area contributed by atoms with Crippen LogP contribution in [0.4, 0.5) is 0 Å². The van der Waals surface area contributed by atoms with Gasteiger partial charge in [-0.3, -0.25) is 0 Å². The monoisotopic (exact) mass is 261 g/mol. The summed E-state index contributed by atoms with van der Waals surface area (Å²) in [6.45, 7) is 7.13. The van der Waals surface area contributed by atoms with E-state index in [1.54, 1.807) is 7.11 Å². The SMILES string of the molecule is CCCc1cccc(/C(C)=C/CCNCCOC)c1. The molecular formula is C17H27NO. The molecule has 0 atom stereocenters. The highest BCUT2D eigenvalue weighted by Crippen LogP contribution is 2.16. The lowest BCUT2D eigenvalue weighted by atomic mass is 10.0. The van der Waals surface area contributed by atoms with Crippen LogP contribution in [0.25, 0.3) is 5.57 Å². The van der Waals surface area contributed by atoms with Gasteiger partial charge in [0.2, 0.25) is 0 Å². The minimum atomic E-state index is 0.780. The van der Waals surface area contributed by atoms with Crippen molar-refractivity contribution in [2.75, 3.05) is 26.8 Å². The molecule has 19 heavy (non-hydrogen) atoms. The minimum absolute atomic E-state index is 0.780. The third-order valence-electron chi connectivity index (χ3n) is 3.18. The Kier molecular flexibility index (Phi) is 8.19. The van der Waals surface area contributed by atoms with Gasteiger partial charge in [0, 0.05) is 13.7 Å². The van der Waals surface area contributed by atoms with Crippen molar-refractivity contribution >= 4 is 5.57 Å². The van der Waals surface area contributed by atoms with E-state index in [4.69, 9.17) is 4.74 Å². The third kappa shape index (κ3) is 6.55. The van der Waals surface area contributed by atoms with E-state index in [0.29, 0.717) is 0 Å². The molecule has 1 aromatic carbocycles. The number of nitrogens with one attached hydrogen (secondary N) is 1. The second kappa shape index (κ2) is 9.76. The summed E-state index contributed by atoms with van der Waals surface area (Å²) >= 11 is 0. The summed E-state index contributed by atoms with van der Waals surface area (Å²) in [6.07, 6.45) is 5.74. The maximum atomic E-state index is 5.00. The summed E-state index contributed by atoms with van der Waals surface area (Å²) < 4.78 is 5.00. The van der Waals surface area contributed by atoms with Gasteiger partial charge in [-0.2, -0.15) is 0 Å². The number of hydrogen-bond acceptors (Lipinski definition) is 2. The van der Waals surface area contributed by atoms with Crippen LogP contribution in [-0.4, -0.2) is 26.8 Å². The number of aryl methyl sites for hydroxylation is 1. The van der Waals surface area contributed by atoms with Crippen LogP contribution < -0.4 is 5.32 Å². The van der Waals surface area contributed by atoms with Crippen molar-refractivity contribution < 1.29 is 4.74 Å². The smallest absolute Gasteiger partial charge is 0.0587 e. The number of methoxy groups -OCH3 is 1. The molecule has 1 rings (SSSR count). The summed E-state index contributed by atoms with van der Waals surface area (Å²) in [5.74, 6) is 0. The zero-order valence-corrected chi connectivity index (χ0v) is 12.5. The largest absolute Gasteiger partial charge is 0.383 e. The highest BCUT2D eigenvalue weighted by atomic mass is 16.5. The van der Waals surface area contributed by atoms with Gasteiger partial charge in [-0.15, -0.1) is 0 Å². The summed E-state index contributed by atoms with van der Waals surface area (Å²) in [5.41, 5.74) is 4.15. The molecule has 0 radical (unpaired) electrons. The minimum Gasteiger partial charge on any atom is -0.383 e. The molecule has 0 unspecified atom stereocenters. The summed E-state index contributed by atoms with van der Waals surface area (Å²) in [6, 6.07) is 8.89. The number of allylic oxidation sites excluding steroid dienone is 1. The highest BCUT2D eigenvalue weighted by molar-refractivity contribution is 5.64. The van der Waals surface area contributed by atoms with Crippen LogP contribution in [0.1, 0.15) is 37.8 Å². The maximum absolute atomic E-state index is 5.00. The average Bonchev–Trinajstić information content (AvgIpc) is 2.43. The van der Waals surface area contributed by atoms with Crippen LogP contribution in [0.2, 0.25) is 0 Å². The Bertz CT molecular complexity index is 385.